The van der Waals surface area contributed by atoms with Gasteiger partial charge >= 0.3 is 0 Å². The van der Waals surface area contributed by atoms with Crippen molar-refractivity contribution >= 4 is 5.69 Å². The van der Waals surface area contributed by atoms with E-state index in [0.717, 1.165) is 0 Å². The maximum atomic E-state index is 2.53. The van der Waals surface area contributed by atoms with Gasteiger partial charge < -0.3 is 4.90 Å². The Labute approximate surface area is 98.9 Å². The summed E-state index contributed by atoms with van der Waals surface area (Å²) in [5, 5.41) is 0. The van der Waals surface area contributed by atoms with Gasteiger partial charge in [0.25, 0.3) is 0 Å². The minimum atomic E-state index is 0.478. The van der Waals surface area contributed by atoms with E-state index in [2.05, 4.69) is 68.8 Å². The second kappa shape index (κ2) is 4.10. The van der Waals surface area contributed by atoms with E-state index < -0.39 is 0 Å². The van der Waals surface area contributed by atoms with Crippen LogP contribution in [0.2, 0.25) is 0 Å². The number of anilines is 1. The van der Waals surface area contributed by atoms with E-state index in [1.807, 2.05) is 0 Å². The predicted molar refractivity (Wildman–Crippen MR) is 69.8 cm³/mol. The number of rotatable bonds is 1. The third-order valence-electron chi connectivity index (χ3n) is 4.16. The van der Waals surface area contributed by atoms with Crippen molar-refractivity contribution in [2.24, 2.45) is 0 Å². The van der Waals surface area contributed by atoms with Crippen LogP contribution in [-0.2, 0) is 0 Å². The summed E-state index contributed by atoms with van der Waals surface area (Å²) in [6.45, 7) is 9.10. The highest BCUT2D eigenvalue weighted by atomic mass is 15.4. The van der Waals surface area contributed by atoms with Gasteiger partial charge in [-0.05, 0) is 46.4 Å². The Morgan fingerprint density at radius 2 is 1.62 bits per heavy atom. The molecule has 0 aliphatic carbocycles. The zero-order valence-corrected chi connectivity index (χ0v) is 10.9. The number of hydrogen-bond donors (Lipinski definition) is 0. The van der Waals surface area contributed by atoms with E-state index in [1.54, 1.807) is 0 Å². The van der Waals surface area contributed by atoms with Gasteiger partial charge in [-0.15, -0.1) is 0 Å². The number of likely N-dealkylation sites (N-methyl/N-ethyl adjacent to an activating group) is 1. The Morgan fingerprint density at radius 1 is 1.00 bits per heavy atom. The number of aryl methyl sites for hydroxylation is 1. The molecule has 16 heavy (non-hydrogen) atoms. The fourth-order valence-electron chi connectivity index (χ4n) is 2.72. The van der Waals surface area contributed by atoms with Gasteiger partial charge in [0, 0.05) is 17.8 Å². The maximum Gasteiger partial charge on any atom is 0.0796 e. The highest BCUT2D eigenvalue weighted by Gasteiger charge is 2.38. The molecule has 0 N–H and O–H groups in total. The van der Waals surface area contributed by atoms with Gasteiger partial charge in [0.05, 0.1) is 6.17 Å². The summed E-state index contributed by atoms with van der Waals surface area (Å²) in [5.74, 6) is 0. The minimum Gasteiger partial charge on any atom is -0.352 e. The van der Waals surface area contributed by atoms with E-state index >= 15 is 0 Å². The van der Waals surface area contributed by atoms with Crippen molar-refractivity contribution in [3.05, 3.63) is 29.8 Å². The molecule has 1 aromatic rings. The van der Waals surface area contributed by atoms with Crippen molar-refractivity contribution in [2.45, 2.75) is 45.9 Å². The van der Waals surface area contributed by atoms with Crippen LogP contribution >= 0.6 is 0 Å². The number of hydrogen-bond acceptors (Lipinski definition) is 2. The fourth-order valence-corrected chi connectivity index (χ4v) is 2.72. The molecule has 1 aromatic carbocycles. The maximum absolute atomic E-state index is 2.53. The molecule has 0 saturated carbocycles. The lowest BCUT2D eigenvalue weighted by Crippen LogP contribution is -2.36. The number of para-hydroxylation sites is 1. The van der Waals surface area contributed by atoms with E-state index in [1.165, 1.54) is 11.3 Å². The quantitative estimate of drug-likeness (QED) is 0.715. The van der Waals surface area contributed by atoms with Crippen molar-refractivity contribution in [1.29, 1.82) is 0 Å². The summed E-state index contributed by atoms with van der Waals surface area (Å²) in [4.78, 5) is 4.97. The molecule has 2 nitrogen and oxygen atoms in total. The fraction of sp³-hybridized carbons (Fsp3) is 0.571. The smallest absolute Gasteiger partial charge is 0.0796 e. The van der Waals surface area contributed by atoms with Gasteiger partial charge in [-0.1, -0.05) is 18.2 Å². The van der Waals surface area contributed by atoms with E-state index in [4.69, 9.17) is 0 Å². The average Bonchev–Trinajstić information content (AvgIpc) is 2.45. The highest BCUT2D eigenvalue weighted by molar-refractivity contribution is 5.55. The second-order valence-electron chi connectivity index (χ2n) is 4.97. The zero-order valence-electron chi connectivity index (χ0n) is 10.9. The van der Waals surface area contributed by atoms with Crippen molar-refractivity contribution in [3.8, 4) is 0 Å². The van der Waals surface area contributed by atoms with E-state index in [-0.39, 0.29) is 0 Å². The minimum absolute atomic E-state index is 0.478. The monoisotopic (exact) mass is 218 g/mol. The summed E-state index contributed by atoms with van der Waals surface area (Å²) < 4.78 is 0. The molecule has 1 heterocycles. The topological polar surface area (TPSA) is 6.48 Å². The standard InChI is InChI=1S/C14H22N2/c1-10-8-6-7-9-14(10)16-12(3)11(2)15(5)13(16)4/h6-9,11-13H,1-5H3/t11?,12-,13?/m0/s1. The first kappa shape index (κ1) is 11.5. The Hall–Kier alpha value is -1.02. The van der Waals surface area contributed by atoms with E-state index in [9.17, 15) is 0 Å². The first-order valence-corrected chi connectivity index (χ1v) is 6.10. The summed E-state index contributed by atoms with van der Waals surface area (Å²) in [5.41, 5.74) is 2.74. The molecule has 0 bridgehead atoms. The van der Waals surface area contributed by atoms with Gasteiger partial charge in [0.15, 0.2) is 0 Å². The number of benzene rings is 1. The number of nitrogens with zero attached hydrogens (tertiary/aromatic N) is 2. The normalized spacial score (nSPS) is 31.1. The van der Waals surface area contributed by atoms with Crippen LogP contribution in [0.5, 0.6) is 0 Å². The molecule has 1 fully saturated rings. The SMILES string of the molecule is Cc1ccccc1N1C(C)N(C)C(C)[C@@H]1C. The first-order valence-electron chi connectivity index (χ1n) is 6.10. The zero-order chi connectivity index (χ0) is 11.9. The van der Waals surface area contributed by atoms with Crippen LogP contribution in [-0.4, -0.2) is 30.2 Å². The first-order chi connectivity index (χ1) is 7.54. The molecule has 0 radical (unpaired) electrons. The molecular weight excluding hydrogens is 196 g/mol. The molecule has 1 aliphatic heterocycles. The molecule has 2 unspecified atom stereocenters. The molecule has 2 heteroatoms. The van der Waals surface area contributed by atoms with Crippen LogP contribution in [0.3, 0.4) is 0 Å². The van der Waals surface area contributed by atoms with Crippen LogP contribution in [0, 0.1) is 6.92 Å². The van der Waals surface area contributed by atoms with Crippen molar-refractivity contribution in [3.63, 3.8) is 0 Å². The predicted octanol–water partition coefficient (Wildman–Crippen LogP) is 2.87. The molecule has 0 spiro atoms. The summed E-state index contributed by atoms with van der Waals surface area (Å²) in [6, 6.07) is 9.84. The molecule has 88 valence electrons. The molecule has 2 rings (SSSR count). The Balaban J connectivity index is 2.38. The summed E-state index contributed by atoms with van der Waals surface area (Å²) in [7, 11) is 2.21. The van der Waals surface area contributed by atoms with Crippen molar-refractivity contribution < 1.29 is 0 Å². The lowest BCUT2D eigenvalue weighted by molar-refractivity contribution is 0.263. The largest absolute Gasteiger partial charge is 0.352 e. The third-order valence-corrected chi connectivity index (χ3v) is 4.16. The highest BCUT2D eigenvalue weighted by Crippen LogP contribution is 2.32. The molecule has 0 aromatic heterocycles. The van der Waals surface area contributed by atoms with E-state index in [0.29, 0.717) is 18.2 Å². The molecule has 1 aliphatic rings. The Bertz CT molecular complexity index is 361. The molecular formula is C14H22N2. The molecule has 3 atom stereocenters. The lowest BCUT2D eigenvalue weighted by Gasteiger charge is -2.30. The Kier molecular flexibility index (Phi) is 2.94. The molecule has 1 saturated heterocycles. The second-order valence-corrected chi connectivity index (χ2v) is 4.97. The van der Waals surface area contributed by atoms with Crippen LogP contribution in [0.1, 0.15) is 26.3 Å². The van der Waals surface area contributed by atoms with Gasteiger partial charge in [-0.3, -0.25) is 4.90 Å². The van der Waals surface area contributed by atoms with Crippen molar-refractivity contribution in [1.82, 2.24) is 4.90 Å². The van der Waals surface area contributed by atoms with Crippen LogP contribution in [0.15, 0.2) is 24.3 Å². The summed E-state index contributed by atoms with van der Waals surface area (Å²) >= 11 is 0. The van der Waals surface area contributed by atoms with Crippen molar-refractivity contribution in [2.75, 3.05) is 11.9 Å². The van der Waals surface area contributed by atoms with Gasteiger partial charge in [0.2, 0.25) is 0 Å². The van der Waals surface area contributed by atoms with Gasteiger partial charge in [0.1, 0.15) is 0 Å². The summed E-state index contributed by atoms with van der Waals surface area (Å²) in [6.07, 6.45) is 0.478. The average molecular weight is 218 g/mol. The third kappa shape index (κ3) is 1.61. The van der Waals surface area contributed by atoms with Gasteiger partial charge in [-0.25, -0.2) is 0 Å². The van der Waals surface area contributed by atoms with Crippen LogP contribution in [0.4, 0.5) is 5.69 Å². The Morgan fingerprint density at radius 3 is 2.12 bits per heavy atom. The van der Waals surface area contributed by atoms with Gasteiger partial charge in [-0.2, -0.15) is 0 Å². The lowest BCUT2D eigenvalue weighted by atomic mass is 10.1. The molecule has 0 amide bonds. The van der Waals surface area contributed by atoms with Crippen LogP contribution in [0.25, 0.3) is 0 Å². The van der Waals surface area contributed by atoms with Crippen LogP contribution < -0.4 is 4.90 Å².